The maximum absolute atomic E-state index is 13.3. The monoisotopic (exact) mass is 684 g/mol. The standard InChI is InChI=1S/C42H30O2.CHCl3/c43-41(31-21-9-3-10-22-31)35-27-15-14-26-34(35)38-37(39(41)29-17-5-1-6-18-29)33-25-13-16-28-36(33)42(44,32-23-11-4-12-24-32)40(38)30-19-7-2-8-20-30;2-1(3)4/h1-28,43-44H;1H/t41-,42-;/m1./s1. The van der Waals surface area contributed by atoms with E-state index in [9.17, 15) is 10.2 Å². The van der Waals surface area contributed by atoms with E-state index >= 15 is 0 Å². The molecule has 0 spiro atoms. The summed E-state index contributed by atoms with van der Waals surface area (Å²) in [5.74, 6) is 0. The van der Waals surface area contributed by atoms with Gasteiger partial charge in [0.1, 0.15) is 11.2 Å². The van der Waals surface area contributed by atoms with Crippen molar-refractivity contribution in [2.75, 3.05) is 0 Å². The molecule has 8 rings (SSSR count). The Morgan fingerprint density at radius 3 is 0.979 bits per heavy atom. The lowest BCUT2D eigenvalue weighted by molar-refractivity contribution is 0.141. The molecule has 48 heavy (non-hydrogen) atoms. The first-order valence-corrected chi connectivity index (χ1v) is 17.0. The molecule has 0 fully saturated rings. The topological polar surface area (TPSA) is 40.5 Å². The minimum absolute atomic E-state index is 0.750. The zero-order chi connectivity index (χ0) is 33.3. The van der Waals surface area contributed by atoms with Gasteiger partial charge in [0.05, 0.1) is 0 Å². The van der Waals surface area contributed by atoms with Crippen molar-refractivity contribution in [3.8, 4) is 0 Å². The van der Waals surface area contributed by atoms with E-state index in [4.69, 9.17) is 34.8 Å². The van der Waals surface area contributed by atoms with Crippen LogP contribution < -0.4 is 0 Å². The first-order chi connectivity index (χ1) is 23.4. The molecule has 2 atom stereocenters. The summed E-state index contributed by atoms with van der Waals surface area (Å²) in [7, 11) is 0. The van der Waals surface area contributed by atoms with Crippen molar-refractivity contribution in [2.24, 2.45) is 0 Å². The molecule has 0 bridgehead atoms. The summed E-state index contributed by atoms with van der Waals surface area (Å²) in [6.07, 6.45) is 0. The largest absolute Gasteiger partial charge is 0.376 e. The smallest absolute Gasteiger partial charge is 0.180 e. The Hall–Kier alpha value is -4.41. The maximum Gasteiger partial charge on any atom is 0.180 e. The highest BCUT2D eigenvalue weighted by molar-refractivity contribution is 6.63. The van der Waals surface area contributed by atoms with Crippen molar-refractivity contribution in [2.45, 2.75) is 15.5 Å². The fourth-order valence-electron chi connectivity index (χ4n) is 7.33. The van der Waals surface area contributed by atoms with Crippen molar-refractivity contribution in [3.05, 3.63) is 214 Å². The summed E-state index contributed by atoms with van der Waals surface area (Å²) in [5.41, 5.74) is 7.33. The molecule has 0 amide bonds. The van der Waals surface area contributed by atoms with Gasteiger partial charge in [-0.15, -0.1) is 0 Å². The van der Waals surface area contributed by atoms with Gasteiger partial charge in [-0.3, -0.25) is 0 Å². The van der Waals surface area contributed by atoms with E-state index in [1.54, 1.807) is 0 Å². The number of halogens is 3. The molecule has 6 aromatic rings. The Labute approximate surface area is 295 Å². The van der Waals surface area contributed by atoms with Gasteiger partial charge >= 0.3 is 0 Å². The van der Waals surface area contributed by atoms with Crippen molar-refractivity contribution in [3.63, 3.8) is 0 Å². The van der Waals surface area contributed by atoms with Crippen LogP contribution in [0.3, 0.4) is 0 Å². The lowest BCUT2D eigenvalue weighted by Gasteiger charge is -2.47. The molecule has 236 valence electrons. The molecule has 0 aromatic heterocycles. The van der Waals surface area contributed by atoms with Crippen LogP contribution in [0.5, 0.6) is 0 Å². The highest BCUT2D eigenvalue weighted by Gasteiger charge is 2.52. The minimum atomic E-state index is -1.46. The fraction of sp³-hybridized carbons (Fsp3) is 0.0698. The van der Waals surface area contributed by atoms with Crippen LogP contribution in [0.1, 0.15) is 44.5 Å². The molecule has 0 heterocycles. The molecule has 2 nitrogen and oxygen atoms in total. The van der Waals surface area contributed by atoms with Gasteiger partial charge in [0, 0.05) is 22.3 Å². The quantitative estimate of drug-likeness (QED) is 0.181. The first kappa shape index (κ1) is 32.2. The third-order valence-corrected chi connectivity index (χ3v) is 9.15. The van der Waals surface area contributed by atoms with Crippen LogP contribution in [0.2, 0.25) is 0 Å². The van der Waals surface area contributed by atoms with Crippen molar-refractivity contribution in [1.82, 2.24) is 0 Å². The third-order valence-electron chi connectivity index (χ3n) is 9.15. The minimum Gasteiger partial charge on any atom is -0.376 e. The van der Waals surface area contributed by atoms with Crippen LogP contribution >= 0.6 is 34.8 Å². The van der Waals surface area contributed by atoms with Crippen LogP contribution in [0.15, 0.2) is 170 Å². The second-order valence-electron chi connectivity index (χ2n) is 11.7. The normalized spacial score (nSPS) is 19.5. The predicted octanol–water partition coefficient (Wildman–Crippen LogP) is 10.7. The number of hydrogen-bond acceptors (Lipinski definition) is 2. The molecular weight excluding hydrogens is 655 g/mol. The van der Waals surface area contributed by atoms with Gasteiger partial charge in [-0.05, 0) is 44.5 Å². The number of allylic oxidation sites excluding steroid dienone is 2. The Kier molecular flexibility index (Phi) is 8.87. The number of rotatable bonds is 4. The Morgan fingerprint density at radius 1 is 0.375 bits per heavy atom. The summed E-state index contributed by atoms with van der Waals surface area (Å²) in [4.78, 5) is 0. The molecule has 0 unspecified atom stereocenters. The van der Waals surface area contributed by atoms with E-state index in [-0.39, 0.29) is 0 Å². The van der Waals surface area contributed by atoms with Gasteiger partial charge in [-0.1, -0.05) is 205 Å². The van der Waals surface area contributed by atoms with E-state index in [0.29, 0.717) is 0 Å². The van der Waals surface area contributed by atoms with E-state index in [1.807, 2.05) is 133 Å². The zero-order valence-corrected chi connectivity index (χ0v) is 28.0. The van der Waals surface area contributed by atoms with Crippen LogP contribution in [0.4, 0.5) is 0 Å². The average Bonchev–Trinajstić information content (AvgIpc) is 3.13. The highest BCUT2D eigenvalue weighted by Crippen LogP contribution is 2.63. The lowest BCUT2D eigenvalue weighted by atomic mass is 9.59. The predicted molar refractivity (Wildman–Crippen MR) is 200 cm³/mol. The molecule has 6 aromatic carbocycles. The van der Waals surface area contributed by atoms with Gasteiger partial charge in [-0.2, -0.15) is 0 Å². The third kappa shape index (κ3) is 5.31. The van der Waals surface area contributed by atoms with Crippen LogP contribution in [-0.2, 0) is 11.2 Å². The number of alkyl halides is 3. The van der Waals surface area contributed by atoms with Gasteiger partial charge in [0.2, 0.25) is 0 Å². The SMILES string of the molecule is ClC(Cl)Cl.O[C@@]1(c2ccccc2)C(c2ccccc2)=C2C(=C(c3ccccc3)[C@@](O)(c3ccccc3)c3ccccc32)c2ccccc21. The second kappa shape index (κ2) is 13.2. The Bertz CT molecular complexity index is 1970. The van der Waals surface area contributed by atoms with Gasteiger partial charge in [0.25, 0.3) is 0 Å². The molecular formula is C43H31Cl3O2. The number of hydrogen-bond donors (Lipinski definition) is 2. The van der Waals surface area contributed by atoms with Gasteiger partial charge in [-0.25, -0.2) is 0 Å². The van der Waals surface area contributed by atoms with Crippen LogP contribution in [0.25, 0.3) is 22.3 Å². The summed E-state index contributed by atoms with van der Waals surface area (Å²) in [5, 5.41) is 26.7. The molecule has 5 heteroatoms. The van der Waals surface area contributed by atoms with Crippen LogP contribution in [-0.4, -0.2) is 14.5 Å². The molecule has 2 N–H and O–H groups in total. The number of aliphatic hydroxyl groups is 2. The van der Waals surface area contributed by atoms with E-state index < -0.39 is 15.5 Å². The average molecular weight is 686 g/mol. The molecule has 0 saturated carbocycles. The zero-order valence-electron chi connectivity index (χ0n) is 25.8. The number of benzene rings is 6. The van der Waals surface area contributed by atoms with E-state index in [0.717, 1.165) is 66.8 Å². The summed E-state index contributed by atoms with van der Waals surface area (Å²) < 4.78 is -0.750. The van der Waals surface area contributed by atoms with Crippen molar-refractivity contribution < 1.29 is 10.2 Å². The highest BCUT2D eigenvalue weighted by atomic mass is 35.6. The summed E-state index contributed by atoms with van der Waals surface area (Å²) >= 11 is 14.4. The first-order valence-electron chi connectivity index (χ1n) is 15.6. The Balaban J connectivity index is 0.000000865. The molecule has 0 radical (unpaired) electrons. The molecule has 2 aliphatic carbocycles. The van der Waals surface area contributed by atoms with Crippen LogP contribution in [0, 0.1) is 0 Å². The number of fused-ring (bicyclic) bond motifs is 5. The van der Waals surface area contributed by atoms with Gasteiger partial charge < -0.3 is 10.2 Å². The maximum atomic E-state index is 13.3. The molecule has 0 saturated heterocycles. The Morgan fingerprint density at radius 2 is 0.646 bits per heavy atom. The fourth-order valence-corrected chi connectivity index (χ4v) is 7.33. The lowest BCUT2D eigenvalue weighted by Crippen LogP contribution is -2.39. The van der Waals surface area contributed by atoms with E-state index in [2.05, 4.69) is 36.4 Å². The van der Waals surface area contributed by atoms with Crippen molar-refractivity contribution >= 4 is 57.1 Å². The van der Waals surface area contributed by atoms with Gasteiger partial charge in [0.15, 0.2) is 4.30 Å². The summed E-state index contributed by atoms with van der Waals surface area (Å²) in [6.45, 7) is 0. The molecule has 2 aliphatic rings. The van der Waals surface area contributed by atoms with E-state index in [1.165, 1.54) is 0 Å². The second-order valence-corrected chi connectivity index (χ2v) is 13.7. The molecule has 0 aliphatic heterocycles. The summed E-state index contributed by atoms with van der Waals surface area (Å²) in [6, 6.07) is 56.5. The van der Waals surface area contributed by atoms with Crippen molar-refractivity contribution in [1.29, 1.82) is 0 Å².